The van der Waals surface area contributed by atoms with E-state index < -0.39 is 0 Å². The summed E-state index contributed by atoms with van der Waals surface area (Å²) in [6, 6.07) is 17.4. The van der Waals surface area contributed by atoms with E-state index in [1.807, 2.05) is 17.0 Å². The number of nitrogens with one attached hydrogen (secondary N) is 1. The molecule has 1 aliphatic carbocycles. The third kappa shape index (κ3) is 4.18. The van der Waals surface area contributed by atoms with E-state index in [1.165, 1.54) is 18.4 Å². The quantitative estimate of drug-likeness (QED) is 0.567. The van der Waals surface area contributed by atoms with Crippen LogP contribution in [0, 0.1) is 16.0 Å². The fourth-order valence-electron chi connectivity index (χ4n) is 5.08. The van der Waals surface area contributed by atoms with Crippen molar-refractivity contribution in [1.29, 1.82) is 0 Å². The van der Waals surface area contributed by atoms with Gasteiger partial charge in [0.05, 0.1) is 4.92 Å². The second-order valence-electron chi connectivity index (χ2n) is 8.58. The lowest BCUT2D eigenvalue weighted by Gasteiger charge is -2.34. The SMILES string of the molecule is O=C(NCC1(c2ccccc2)CCCC1)C1CCN(c2ccccc2[N+](=O)[O-])CC1. The summed E-state index contributed by atoms with van der Waals surface area (Å²) in [5.41, 5.74) is 2.17. The standard InChI is InChI=1S/C24H29N3O3/c28-23(25-18-24(14-6-7-15-24)20-8-2-1-3-9-20)19-12-16-26(17-13-19)21-10-4-5-11-22(21)27(29)30/h1-5,8-11,19H,6-7,12-18H2,(H,25,28). The average molecular weight is 408 g/mol. The second kappa shape index (κ2) is 8.86. The van der Waals surface area contributed by atoms with Crippen LogP contribution in [0.4, 0.5) is 11.4 Å². The Bertz CT molecular complexity index is 886. The Morgan fingerprint density at radius 1 is 1.03 bits per heavy atom. The third-order valence-electron chi connectivity index (χ3n) is 6.83. The second-order valence-corrected chi connectivity index (χ2v) is 8.58. The minimum absolute atomic E-state index is 0.0294. The summed E-state index contributed by atoms with van der Waals surface area (Å²) in [7, 11) is 0. The highest BCUT2D eigenvalue weighted by Gasteiger charge is 2.36. The molecule has 0 atom stereocenters. The fraction of sp³-hybridized carbons (Fsp3) is 0.458. The van der Waals surface area contributed by atoms with Gasteiger partial charge in [0.15, 0.2) is 0 Å². The van der Waals surface area contributed by atoms with Crippen LogP contribution in [0.2, 0.25) is 0 Å². The number of rotatable bonds is 6. The van der Waals surface area contributed by atoms with Crippen molar-refractivity contribution in [3.63, 3.8) is 0 Å². The van der Waals surface area contributed by atoms with E-state index in [0.29, 0.717) is 25.3 Å². The monoisotopic (exact) mass is 407 g/mol. The Labute approximate surface area is 177 Å². The predicted octanol–water partition coefficient (Wildman–Crippen LogP) is 4.44. The van der Waals surface area contributed by atoms with Crippen LogP contribution < -0.4 is 10.2 Å². The van der Waals surface area contributed by atoms with Crippen LogP contribution >= 0.6 is 0 Å². The van der Waals surface area contributed by atoms with Crippen LogP contribution in [0.25, 0.3) is 0 Å². The highest BCUT2D eigenvalue weighted by molar-refractivity contribution is 5.79. The molecule has 1 aliphatic heterocycles. The minimum Gasteiger partial charge on any atom is -0.366 e. The molecule has 4 rings (SSSR count). The maximum atomic E-state index is 12.9. The number of nitro groups is 1. The number of anilines is 1. The van der Waals surface area contributed by atoms with Gasteiger partial charge in [0.2, 0.25) is 5.91 Å². The van der Waals surface area contributed by atoms with Crippen molar-refractivity contribution in [2.75, 3.05) is 24.5 Å². The van der Waals surface area contributed by atoms with Gasteiger partial charge in [-0.05, 0) is 37.3 Å². The van der Waals surface area contributed by atoms with Gasteiger partial charge in [-0.3, -0.25) is 14.9 Å². The fourth-order valence-corrected chi connectivity index (χ4v) is 5.08. The molecule has 30 heavy (non-hydrogen) atoms. The van der Waals surface area contributed by atoms with E-state index >= 15 is 0 Å². The first-order valence-corrected chi connectivity index (χ1v) is 10.9. The van der Waals surface area contributed by atoms with E-state index in [0.717, 1.165) is 25.7 Å². The largest absolute Gasteiger partial charge is 0.366 e. The van der Waals surface area contributed by atoms with Gasteiger partial charge in [-0.1, -0.05) is 55.3 Å². The van der Waals surface area contributed by atoms with Gasteiger partial charge in [0.1, 0.15) is 5.69 Å². The number of piperidine rings is 1. The molecule has 6 nitrogen and oxygen atoms in total. The average Bonchev–Trinajstić information content (AvgIpc) is 3.28. The van der Waals surface area contributed by atoms with Gasteiger partial charge < -0.3 is 10.2 Å². The van der Waals surface area contributed by atoms with Crippen molar-refractivity contribution in [3.8, 4) is 0 Å². The number of hydrogen-bond donors (Lipinski definition) is 1. The lowest BCUT2D eigenvalue weighted by molar-refractivity contribution is -0.384. The Kier molecular flexibility index (Phi) is 6.02. The molecule has 158 valence electrons. The highest BCUT2D eigenvalue weighted by Crippen LogP contribution is 2.40. The van der Waals surface area contributed by atoms with Gasteiger partial charge in [-0.2, -0.15) is 0 Å². The van der Waals surface area contributed by atoms with Gasteiger partial charge in [0, 0.05) is 37.0 Å². The van der Waals surface area contributed by atoms with Crippen LogP contribution in [-0.2, 0) is 10.2 Å². The molecule has 2 aliphatic rings. The number of hydrogen-bond acceptors (Lipinski definition) is 4. The number of carbonyl (C=O) groups is 1. The third-order valence-corrected chi connectivity index (χ3v) is 6.83. The van der Waals surface area contributed by atoms with Crippen LogP contribution in [0.3, 0.4) is 0 Å². The first kappa shape index (κ1) is 20.4. The zero-order valence-electron chi connectivity index (χ0n) is 17.3. The molecule has 0 radical (unpaired) electrons. The number of para-hydroxylation sites is 2. The first-order chi connectivity index (χ1) is 14.6. The zero-order chi connectivity index (χ0) is 21.0. The van der Waals surface area contributed by atoms with Crippen LogP contribution in [0.15, 0.2) is 54.6 Å². The van der Waals surface area contributed by atoms with Crippen molar-refractivity contribution in [2.45, 2.75) is 43.9 Å². The summed E-state index contributed by atoms with van der Waals surface area (Å²) >= 11 is 0. The lowest BCUT2D eigenvalue weighted by Crippen LogP contribution is -2.45. The maximum Gasteiger partial charge on any atom is 0.292 e. The van der Waals surface area contributed by atoms with Crippen LogP contribution in [-0.4, -0.2) is 30.5 Å². The molecule has 2 aromatic carbocycles. The Balaban J connectivity index is 1.35. The molecule has 0 unspecified atom stereocenters. The van der Waals surface area contributed by atoms with Crippen molar-refractivity contribution in [1.82, 2.24) is 5.32 Å². The van der Waals surface area contributed by atoms with Crippen molar-refractivity contribution < 1.29 is 9.72 Å². The number of benzene rings is 2. The van der Waals surface area contributed by atoms with Crippen molar-refractivity contribution in [3.05, 3.63) is 70.3 Å². The van der Waals surface area contributed by atoms with Crippen molar-refractivity contribution >= 4 is 17.3 Å². The van der Waals surface area contributed by atoms with Crippen LogP contribution in [0.1, 0.15) is 44.1 Å². The van der Waals surface area contributed by atoms with E-state index in [-0.39, 0.29) is 27.9 Å². The lowest BCUT2D eigenvalue weighted by atomic mass is 9.78. The van der Waals surface area contributed by atoms with E-state index in [2.05, 4.69) is 29.6 Å². The number of nitrogens with zero attached hydrogens (tertiary/aromatic N) is 2. The van der Waals surface area contributed by atoms with E-state index in [4.69, 9.17) is 0 Å². The Morgan fingerprint density at radius 3 is 2.33 bits per heavy atom. The number of amides is 1. The highest BCUT2D eigenvalue weighted by atomic mass is 16.6. The van der Waals surface area contributed by atoms with E-state index in [1.54, 1.807) is 18.2 Å². The first-order valence-electron chi connectivity index (χ1n) is 10.9. The zero-order valence-corrected chi connectivity index (χ0v) is 17.3. The molecule has 1 saturated heterocycles. The topological polar surface area (TPSA) is 75.5 Å². The van der Waals surface area contributed by atoms with Crippen molar-refractivity contribution in [2.24, 2.45) is 5.92 Å². The Hall–Kier alpha value is -2.89. The summed E-state index contributed by atoms with van der Waals surface area (Å²) < 4.78 is 0. The molecule has 1 amide bonds. The Morgan fingerprint density at radius 2 is 1.67 bits per heavy atom. The molecule has 2 fully saturated rings. The molecular weight excluding hydrogens is 378 g/mol. The molecule has 0 bridgehead atoms. The normalized spacial score (nSPS) is 18.9. The molecular formula is C24H29N3O3. The molecule has 0 spiro atoms. The summed E-state index contributed by atoms with van der Waals surface area (Å²) in [6.07, 6.45) is 6.09. The molecule has 2 aromatic rings. The molecule has 0 aromatic heterocycles. The summed E-state index contributed by atoms with van der Waals surface area (Å²) in [4.78, 5) is 25.9. The maximum absolute atomic E-state index is 12.9. The minimum atomic E-state index is -0.335. The predicted molar refractivity (Wildman–Crippen MR) is 118 cm³/mol. The summed E-state index contributed by atoms with van der Waals surface area (Å²) in [5.74, 6) is 0.0951. The van der Waals surface area contributed by atoms with Crippen LogP contribution in [0.5, 0.6) is 0 Å². The van der Waals surface area contributed by atoms with Gasteiger partial charge in [-0.25, -0.2) is 0 Å². The molecule has 1 heterocycles. The van der Waals surface area contributed by atoms with Gasteiger partial charge in [0.25, 0.3) is 5.69 Å². The van der Waals surface area contributed by atoms with Gasteiger partial charge in [-0.15, -0.1) is 0 Å². The van der Waals surface area contributed by atoms with E-state index in [9.17, 15) is 14.9 Å². The van der Waals surface area contributed by atoms with Gasteiger partial charge >= 0.3 is 0 Å². The smallest absolute Gasteiger partial charge is 0.292 e. The summed E-state index contributed by atoms with van der Waals surface area (Å²) in [5, 5.41) is 14.6. The number of carbonyl (C=O) groups excluding carboxylic acids is 1. The number of nitro benzene ring substituents is 1. The molecule has 1 N–H and O–H groups in total. The summed E-state index contributed by atoms with van der Waals surface area (Å²) in [6.45, 7) is 2.01. The molecule has 1 saturated carbocycles. The molecule has 6 heteroatoms.